The van der Waals surface area contributed by atoms with E-state index in [9.17, 15) is 13.7 Å². The molecule has 0 heterocycles. The fourth-order valence-corrected chi connectivity index (χ4v) is 9.42. The van der Waals surface area contributed by atoms with Gasteiger partial charge in [-0.25, -0.2) is 0 Å². The van der Waals surface area contributed by atoms with Gasteiger partial charge in [0.2, 0.25) is 0 Å². The van der Waals surface area contributed by atoms with Crippen LogP contribution in [0.3, 0.4) is 0 Å². The number of unbranched alkanes of at least 4 members (excludes halogenated alkanes) is 18. The van der Waals surface area contributed by atoms with E-state index in [0.29, 0.717) is 0 Å². The van der Waals surface area contributed by atoms with Crippen LogP contribution in [0.4, 0.5) is 0 Å². The van der Waals surface area contributed by atoms with Crippen molar-refractivity contribution in [2.45, 2.75) is 312 Å². The van der Waals surface area contributed by atoms with Crippen LogP contribution in [0, 0.1) is 0 Å². The first-order valence-corrected chi connectivity index (χ1v) is 29.1. The van der Waals surface area contributed by atoms with Gasteiger partial charge in [0.05, 0.1) is 36.6 Å². The molecule has 6 unspecified atom stereocenters. The van der Waals surface area contributed by atoms with Crippen molar-refractivity contribution in [2.75, 3.05) is 0 Å². The molecule has 0 rings (SSSR count). The van der Waals surface area contributed by atoms with E-state index in [2.05, 4.69) is 41.5 Å². The second kappa shape index (κ2) is 53.6. The minimum Gasteiger partial charge on any atom is -0.308 e. The van der Waals surface area contributed by atoms with Crippen molar-refractivity contribution in [1.29, 1.82) is 0 Å². The normalized spacial score (nSPS) is 15.7. The van der Waals surface area contributed by atoms with E-state index in [1.165, 1.54) is 116 Å². The average molecular weight is 978 g/mol. The van der Waals surface area contributed by atoms with Crippen molar-refractivity contribution in [2.24, 2.45) is 0 Å². The van der Waals surface area contributed by atoms with Gasteiger partial charge in [-0.3, -0.25) is 13.7 Å². The Morgan fingerprint density at radius 1 is 0.262 bits per heavy atom. The van der Waals surface area contributed by atoms with E-state index < -0.39 is 24.8 Å². The second-order valence-corrected chi connectivity index (χ2v) is 20.3. The molecule has 0 spiro atoms. The van der Waals surface area contributed by atoms with E-state index in [4.69, 9.17) is 27.1 Å². The van der Waals surface area contributed by atoms with Crippen molar-refractivity contribution in [1.82, 2.24) is 0 Å². The Morgan fingerprint density at radius 3 is 0.508 bits per heavy atom. The molecular formula is C48H105CoO9P3. The smallest absolute Gasteiger partial charge is 0.308 e. The molecule has 0 bridgehead atoms. The zero-order chi connectivity index (χ0) is 45.7. The first kappa shape index (κ1) is 68.5. The average Bonchev–Trinajstić information content (AvgIpc) is 3.19. The largest absolute Gasteiger partial charge is 0.319 e. The third kappa shape index (κ3) is 57.0. The second-order valence-electron chi connectivity index (χ2n) is 17.4. The van der Waals surface area contributed by atoms with Crippen LogP contribution < -0.4 is 0 Å². The molecule has 375 valence electrons. The Hall–Kier alpha value is 0.956. The van der Waals surface area contributed by atoms with Crippen LogP contribution in [0.15, 0.2) is 0 Å². The summed E-state index contributed by atoms with van der Waals surface area (Å²) >= 11 is 0. The zero-order valence-electron chi connectivity index (χ0n) is 42.2. The van der Waals surface area contributed by atoms with Gasteiger partial charge in [0.15, 0.2) is 0 Å². The molecule has 0 fully saturated rings. The van der Waals surface area contributed by atoms with E-state index in [1.54, 1.807) is 0 Å². The summed E-state index contributed by atoms with van der Waals surface area (Å²) in [5.41, 5.74) is 0. The summed E-state index contributed by atoms with van der Waals surface area (Å²) < 4.78 is 68.1. The maximum atomic E-state index is 11.8. The number of rotatable bonds is 42. The summed E-state index contributed by atoms with van der Waals surface area (Å²) in [5.74, 6) is 0. The standard InChI is InChI=1S/3C16H35O3P.Co/c3*1-5-7-9-11-13-15(3)18-20(17)19-16(4)14-12-10-8-6-2;/h3*15-16,20H,5-14H2,1-4H3;. The van der Waals surface area contributed by atoms with Gasteiger partial charge >= 0.3 is 24.8 Å². The predicted molar refractivity (Wildman–Crippen MR) is 263 cm³/mol. The van der Waals surface area contributed by atoms with Gasteiger partial charge in [-0.1, -0.05) is 196 Å². The molecule has 9 nitrogen and oxygen atoms in total. The summed E-state index contributed by atoms with van der Waals surface area (Å²) in [7, 11) is -6.97. The Bertz CT molecular complexity index is 757. The Kier molecular flexibility index (Phi) is 60.2. The SMILES string of the molecule is CCCCCCC(C)O[PH](=O)OC(C)CCCCCC.CCCCCCC(C)O[PH](=O)OC(C)CCCCCC.CCCCCCC(C)O[PH](=O)OC(C)CCCCCC.[Co]. The topological polar surface area (TPSA) is 107 Å². The zero-order valence-corrected chi connectivity index (χ0v) is 46.2. The quantitative estimate of drug-likeness (QED) is 0.0436. The summed E-state index contributed by atoms with van der Waals surface area (Å²) in [4.78, 5) is 0. The molecule has 0 aromatic heterocycles. The van der Waals surface area contributed by atoms with Gasteiger partial charge in [0, 0.05) is 16.8 Å². The van der Waals surface area contributed by atoms with Gasteiger partial charge in [0.1, 0.15) is 0 Å². The number of hydrogen-bond acceptors (Lipinski definition) is 9. The fourth-order valence-electron chi connectivity index (χ4n) is 6.57. The van der Waals surface area contributed by atoms with Crippen LogP contribution in [-0.2, 0) is 57.6 Å². The van der Waals surface area contributed by atoms with E-state index in [0.717, 1.165) is 77.0 Å². The van der Waals surface area contributed by atoms with Gasteiger partial charge in [-0.2, -0.15) is 0 Å². The van der Waals surface area contributed by atoms with Crippen molar-refractivity contribution in [3.05, 3.63) is 0 Å². The van der Waals surface area contributed by atoms with E-state index in [1.807, 2.05) is 41.5 Å². The molecule has 0 N–H and O–H groups in total. The molecule has 0 aliphatic carbocycles. The van der Waals surface area contributed by atoms with Crippen LogP contribution in [0.25, 0.3) is 0 Å². The molecule has 1 radical (unpaired) electrons. The van der Waals surface area contributed by atoms with Gasteiger partial charge in [0.25, 0.3) is 0 Å². The molecule has 6 atom stereocenters. The fraction of sp³-hybridized carbons (Fsp3) is 1.00. The van der Waals surface area contributed by atoms with Gasteiger partial charge in [-0.05, 0) is 80.1 Å². The van der Waals surface area contributed by atoms with Gasteiger partial charge < -0.3 is 27.1 Å². The van der Waals surface area contributed by atoms with E-state index >= 15 is 0 Å². The monoisotopic (exact) mass is 978 g/mol. The summed E-state index contributed by atoms with van der Waals surface area (Å²) in [6, 6.07) is 0. The Morgan fingerprint density at radius 2 is 0.393 bits per heavy atom. The summed E-state index contributed by atoms with van der Waals surface area (Å²) in [5, 5.41) is 0. The molecular weight excluding hydrogens is 872 g/mol. The first-order valence-electron chi connectivity index (χ1n) is 25.4. The Balaban J connectivity index is -0.000000396. The summed E-state index contributed by atoms with van der Waals surface area (Å²) in [6.07, 6.45) is 35.5. The van der Waals surface area contributed by atoms with Crippen LogP contribution in [-0.4, -0.2) is 36.6 Å². The van der Waals surface area contributed by atoms with Crippen molar-refractivity contribution in [3.63, 3.8) is 0 Å². The first-order chi connectivity index (χ1) is 28.8. The molecule has 13 heteroatoms. The predicted octanol–water partition coefficient (Wildman–Crippen LogP) is 18.4. The number of hydrogen-bond donors (Lipinski definition) is 0. The maximum absolute atomic E-state index is 11.8. The minimum absolute atomic E-state index is 0. The molecule has 61 heavy (non-hydrogen) atoms. The minimum atomic E-state index is -2.32. The van der Waals surface area contributed by atoms with Crippen LogP contribution in [0.2, 0.25) is 0 Å². The van der Waals surface area contributed by atoms with Crippen molar-refractivity contribution < 1.29 is 57.6 Å². The molecule has 0 saturated heterocycles. The molecule has 0 amide bonds. The molecule has 0 aromatic carbocycles. The van der Waals surface area contributed by atoms with Gasteiger partial charge in [-0.15, -0.1) is 0 Å². The molecule has 0 aliphatic rings. The Labute approximate surface area is 393 Å². The van der Waals surface area contributed by atoms with Crippen LogP contribution >= 0.6 is 24.8 Å². The third-order valence-electron chi connectivity index (χ3n) is 10.6. The molecule has 0 saturated carbocycles. The maximum Gasteiger partial charge on any atom is 0.319 e. The third-order valence-corrected chi connectivity index (χ3v) is 14.1. The van der Waals surface area contributed by atoms with E-state index in [-0.39, 0.29) is 53.4 Å². The van der Waals surface area contributed by atoms with Crippen molar-refractivity contribution >= 4 is 24.8 Å². The summed E-state index contributed by atoms with van der Waals surface area (Å²) in [6.45, 7) is 25.2. The molecule has 0 aromatic rings. The van der Waals surface area contributed by atoms with Crippen LogP contribution in [0.1, 0.15) is 276 Å². The van der Waals surface area contributed by atoms with Crippen molar-refractivity contribution in [3.8, 4) is 0 Å². The molecule has 0 aliphatic heterocycles. The van der Waals surface area contributed by atoms with Crippen LogP contribution in [0.5, 0.6) is 0 Å².